The molecule has 1 heterocycles. The zero-order valence-electron chi connectivity index (χ0n) is 17.7. The topological polar surface area (TPSA) is 81.3 Å². The summed E-state index contributed by atoms with van der Waals surface area (Å²) in [5, 5.41) is 0. The first-order valence-electron chi connectivity index (χ1n) is 11.1. The number of aromatic nitrogens is 1. The smallest absolute Gasteiger partial charge is 0.215 e. The Kier molecular flexibility index (Phi) is 18.7. The van der Waals surface area contributed by atoms with Gasteiger partial charge in [-0.3, -0.25) is 4.55 Å². The molecule has 0 atom stereocenters. The minimum Gasteiger partial charge on any atom is -0.726 e. The van der Waals surface area contributed by atoms with E-state index in [1.54, 1.807) is 0 Å². The van der Waals surface area contributed by atoms with Crippen LogP contribution in [-0.4, -0.2) is 17.5 Å². The molecule has 0 fully saturated rings. The van der Waals surface area contributed by atoms with Crippen molar-refractivity contribution in [1.82, 2.24) is 0 Å². The molecule has 6 heteroatoms. The number of hydrogen-bond donors (Lipinski definition) is 1. The highest BCUT2D eigenvalue weighted by Crippen LogP contribution is 2.13. The summed E-state index contributed by atoms with van der Waals surface area (Å²) < 4.78 is 35.1. The molecule has 1 rings (SSSR count). The van der Waals surface area contributed by atoms with Gasteiger partial charge in [-0.2, -0.15) is 0 Å². The third-order valence-electron chi connectivity index (χ3n) is 4.80. The first kappa shape index (κ1) is 27.0. The van der Waals surface area contributed by atoms with E-state index in [9.17, 15) is 0 Å². The van der Waals surface area contributed by atoms with E-state index in [0.717, 1.165) is 0 Å². The van der Waals surface area contributed by atoms with Gasteiger partial charge < -0.3 is 4.55 Å². The van der Waals surface area contributed by atoms with Crippen LogP contribution in [0.4, 0.5) is 0 Å². The predicted octanol–water partition coefficient (Wildman–Crippen LogP) is 5.85. The number of hydrogen-bond acceptors (Lipinski definition) is 3. The normalized spacial score (nSPS) is 11.1. The largest absolute Gasteiger partial charge is 0.726 e. The lowest BCUT2D eigenvalue weighted by molar-refractivity contribution is -0.697. The van der Waals surface area contributed by atoms with Gasteiger partial charge in [0.1, 0.15) is 6.54 Å². The maximum atomic E-state index is 8.63. The molecular formula is C22H41NO4S. The van der Waals surface area contributed by atoms with E-state index >= 15 is 0 Å². The SMILES string of the molecule is CCCCCCCCCCCCCCCCC[n+]1ccccc1.O=S(=O)([O-])O. The van der Waals surface area contributed by atoms with E-state index in [1.165, 1.54) is 103 Å². The van der Waals surface area contributed by atoms with Crippen LogP contribution in [0.25, 0.3) is 0 Å². The summed E-state index contributed by atoms with van der Waals surface area (Å²) in [4.78, 5) is 0. The fraction of sp³-hybridized carbons (Fsp3) is 0.773. The second kappa shape index (κ2) is 19.3. The molecule has 0 spiro atoms. The van der Waals surface area contributed by atoms with Gasteiger partial charge in [-0.25, -0.2) is 13.0 Å². The van der Waals surface area contributed by atoms with E-state index in [-0.39, 0.29) is 0 Å². The quantitative estimate of drug-likeness (QED) is 0.159. The van der Waals surface area contributed by atoms with Crippen molar-refractivity contribution in [3.05, 3.63) is 30.6 Å². The Hall–Kier alpha value is -0.980. The van der Waals surface area contributed by atoms with Gasteiger partial charge in [0.2, 0.25) is 10.4 Å². The van der Waals surface area contributed by atoms with Crippen LogP contribution >= 0.6 is 0 Å². The maximum absolute atomic E-state index is 8.63. The summed E-state index contributed by atoms with van der Waals surface area (Å²) in [5.74, 6) is 0. The maximum Gasteiger partial charge on any atom is 0.215 e. The highest BCUT2D eigenvalue weighted by Gasteiger charge is 1.98. The van der Waals surface area contributed by atoms with Gasteiger partial charge in [0, 0.05) is 18.6 Å². The fourth-order valence-corrected chi connectivity index (χ4v) is 3.25. The molecule has 0 saturated heterocycles. The van der Waals surface area contributed by atoms with Crippen LogP contribution in [0, 0.1) is 0 Å². The zero-order valence-corrected chi connectivity index (χ0v) is 18.5. The summed E-state index contributed by atoms with van der Waals surface area (Å²) in [6, 6.07) is 6.32. The van der Waals surface area contributed by atoms with Crippen LogP contribution in [0.5, 0.6) is 0 Å². The van der Waals surface area contributed by atoms with Crippen molar-refractivity contribution in [3.63, 3.8) is 0 Å². The Morgan fingerprint density at radius 3 is 1.36 bits per heavy atom. The van der Waals surface area contributed by atoms with Crippen molar-refractivity contribution in [2.24, 2.45) is 0 Å². The van der Waals surface area contributed by atoms with Crippen LogP contribution < -0.4 is 4.57 Å². The van der Waals surface area contributed by atoms with Crippen molar-refractivity contribution in [2.45, 2.75) is 110 Å². The van der Waals surface area contributed by atoms with Crippen LogP contribution in [0.3, 0.4) is 0 Å². The van der Waals surface area contributed by atoms with Crippen LogP contribution in [-0.2, 0) is 16.9 Å². The summed E-state index contributed by atoms with van der Waals surface area (Å²) in [7, 11) is -4.92. The lowest BCUT2D eigenvalue weighted by Crippen LogP contribution is -2.32. The molecule has 164 valence electrons. The predicted molar refractivity (Wildman–Crippen MR) is 114 cm³/mol. The molecule has 0 amide bonds. The summed E-state index contributed by atoms with van der Waals surface area (Å²) in [6.07, 6.45) is 25.9. The molecule has 5 nitrogen and oxygen atoms in total. The molecule has 0 saturated carbocycles. The second-order valence-corrected chi connectivity index (χ2v) is 8.35. The minimum atomic E-state index is -4.92. The highest BCUT2D eigenvalue weighted by molar-refractivity contribution is 7.79. The summed E-state index contributed by atoms with van der Waals surface area (Å²) in [6.45, 7) is 3.47. The summed E-state index contributed by atoms with van der Waals surface area (Å²) in [5.41, 5.74) is 0. The Morgan fingerprint density at radius 2 is 1.00 bits per heavy atom. The average Bonchev–Trinajstić information content (AvgIpc) is 2.64. The van der Waals surface area contributed by atoms with Gasteiger partial charge in [0.25, 0.3) is 0 Å². The van der Waals surface area contributed by atoms with Crippen LogP contribution in [0.1, 0.15) is 103 Å². The molecule has 1 N–H and O–H groups in total. The monoisotopic (exact) mass is 415 g/mol. The molecule has 0 aliphatic carbocycles. The Bertz CT molecular complexity index is 527. The van der Waals surface area contributed by atoms with Crippen molar-refractivity contribution in [2.75, 3.05) is 0 Å². The molecule has 28 heavy (non-hydrogen) atoms. The lowest BCUT2D eigenvalue weighted by Gasteiger charge is -2.03. The van der Waals surface area contributed by atoms with Gasteiger partial charge in [-0.15, -0.1) is 0 Å². The van der Waals surface area contributed by atoms with Crippen molar-refractivity contribution < 1.29 is 22.1 Å². The fourth-order valence-electron chi connectivity index (χ4n) is 3.25. The van der Waals surface area contributed by atoms with E-state index in [1.807, 2.05) is 0 Å². The minimum absolute atomic E-state index is 1.18. The Morgan fingerprint density at radius 1 is 0.679 bits per heavy atom. The molecular weight excluding hydrogens is 374 g/mol. The Balaban J connectivity index is 0.00000129. The first-order chi connectivity index (χ1) is 13.4. The standard InChI is InChI=1S/C22H40N.H2O4S/c1-2-3-4-5-6-7-8-9-10-11-12-13-14-15-17-20-23-21-18-16-19-22-23;1-5(2,3)4/h16,18-19,21-22H,2-15,17,20H2,1H3;(H2,1,2,3,4)/q+1;/p-1. The van der Waals surface area contributed by atoms with Gasteiger partial charge >= 0.3 is 0 Å². The highest BCUT2D eigenvalue weighted by atomic mass is 32.3. The van der Waals surface area contributed by atoms with Gasteiger partial charge in [0.05, 0.1) is 0 Å². The average molecular weight is 416 g/mol. The number of unbranched alkanes of at least 4 members (excludes halogenated alkanes) is 14. The van der Waals surface area contributed by atoms with E-state index in [2.05, 4.69) is 42.1 Å². The van der Waals surface area contributed by atoms with Gasteiger partial charge in [0.15, 0.2) is 12.4 Å². The first-order valence-corrected chi connectivity index (χ1v) is 12.4. The molecule has 0 aliphatic rings. The number of pyridine rings is 1. The van der Waals surface area contributed by atoms with Crippen molar-refractivity contribution >= 4 is 10.4 Å². The number of rotatable bonds is 16. The van der Waals surface area contributed by atoms with E-state index < -0.39 is 10.4 Å². The van der Waals surface area contributed by atoms with Gasteiger partial charge in [-0.1, -0.05) is 96.5 Å². The molecule has 0 bridgehead atoms. The second-order valence-electron chi connectivity index (χ2n) is 7.49. The third-order valence-corrected chi connectivity index (χ3v) is 4.80. The van der Waals surface area contributed by atoms with E-state index in [0.29, 0.717) is 0 Å². The number of nitrogens with zero attached hydrogens (tertiary/aromatic N) is 1. The van der Waals surface area contributed by atoms with Crippen LogP contribution in [0.15, 0.2) is 30.6 Å². The number of aryl methyl sites for hydroxylation is 1. The zero-order chi connectivity index (χ0) is 20.9. The Labute approximate surface area is 173 Å². The lowest BCUT2D eigenvalue weighted by atomic mass is 10.0. The molecule has 1 aromatic rings. The van der Waals surface area contributed by atoms with E-state index in [4.69, 9.17) is 17.5 Å². The van der Waals surface area contributed by atoms with Crippen molar-refractivity contribution in [1.29, 1.82) is 0 Å². The van der Waals surface area contributed by atoms with Gasteiger partial charge in [-0.05, 0) is 6.42 Å². The molecule has 0 radical (unpaired) electrons. The van der Waals surface area contributed by atoms with Crippen LogP contribution in [0.2, 0.25) is 0 Å². The summed E-state index contributed by atoms with van der Waals surface area (Å²) >= 11 is 0. The molecule has 0 unspecified atom stereocenters. The molecule has 0 aliphatic heterocycles. The van der Waals surface area contributed by atoms with Crippen molar-refractivity contribution in [3.8, 4) is 0 Å². The molecule has 1 aromatic heterocycles. The third kappa shape index (κ3) is 25.0. The molecule has 0 aromatic carbocycles.